The maximum absolute atomic E-state index is 11.9. The second-order valence-electron chi connectivity index (χ2n) is 5.53. The van der Waals surface area contributed by atoms with Crippen LogP contribution in [0.5, 0.6) is 17.2 Å². The van der Waals surface area contributed by atoms with E-state index in [-0.39, 0.29) is 19.1 Å². The molecule has 0 atom stereocenters. The third kappa shape index (κ3) is 3.65. The van der Waals surface area contributed by atoms with Gasteiger partial charge >= 0.3 is 5.97 Å². The van der Waals surface area contributed by atoms with Gasteiger partial charge in [-0.2, -0.15) is 0 Å². The Labute approximate surface area is 139 Å². The Morgan fingerprint density at radius 2 is 2.04 bits per heavy atom. The first-order valence-electron chi connectivity index (χ1n) is 7.49. The van der Waals surface area contributed by atoms with Crippen molar-refractivity contribution >= 4 is 17.6 Å². The van der Waals surface area contributed by atoms with Crippen LogP contribution < -0.4 is 19.5 Å². The topological polar surface area (TPSA) is 73.9 Å². The van der Waals surface area contributed by atoms with E-state index in [9.17, 15) is 9.59 Å². The van der Waals surface area contributed by atoms with Gasteiger partial charge in [0.2, 0.25) is 0 Å². The number of carbonyl (C=O) groups is 2. The van der Waals surface area contributed by atoms with E-state index in [4.69, 9.17) is 14.2 Å². The maximum atomic E-state index is 11.9. The molecule has 0 saturated heterocycles. The zero-order valence-electron chi connectivity index (χ0n) is 13.4. The van der Waals surface area contributed by atoms with Crippen molar-refractivity contribution < 1.29 is 23.8 Å². The second-order valence-corrected chi connectivity index (χ2v) is 5.53. The molecule has 0 spiro atoms. The molecule has 2 aromatic carbocycles. The monoisotopic (exact) mass is 327 g/mol. The van der Waals surface area contributed by atoms with Crippen molar-refractivity contribution in [2.75, 3.05) is 18.5 Å². The fourth-order valence-electron chi connectivity index (χ4n) is 2.28. The van der Waals surface area contributed by atoms with Crippen LogP contribution in [-0.2, 0) is 9.59 Å². The lowest BCUT2D eigenvalue weighted by molar-refractivity contribution is -0.136. The van der Waals surface area contributed by atoms with Crippen LogP contribution in [-0.4, -0.2) is 25.1 Å². The fourth-order valence-corrected chi connectivity index (χ4v) is 2.28. The zero-order valence-corrected chi connectivity index (χ0v) is 13.4. The van der Waals surface area contributed by atoms with Crippen molar-refractivity contribution in [3.8, 4) is 17.2 Å². The average Bonchev–Trinajstić information content (AvgIpc) is 2.56. The molecule has 1 aliphatic rings. The summed E-state index contributed by atoms with van der Waals surface area (Å²) in [5.41, 5.74) is 2.56. The molecule has 0 saturated carbocycles. The number of ether oxygens (including phenoxy) is 3. The van der Waals surface area contributed by atoms with E-state index in [0.717, 1.165) is 11.1 Å². The molecule has 6 nitrogen and oxygen atoms in total. The van der Waals surface area contributed by atoms with Crippen molar-refractivity contribution in [2.24, 2.45) is 0 Å². The Kier molecular flexibility index (Phi) is 4.37. The number of hydrogen-bond donors (Lipinski definition) is 1. The van der Waals surface area contributed by atoms with Crippen molar-refractivity contribution in [1.82, 2.24) is 0 Å². The lowest BCUT2D eigenvalue weighted by atomic mass is 10.1. The van der Waals surface area contributed by atoms with E-state index in [0.29, 0.717) is 22.9 Å². The number of fused-ring (bicyclic) bond motifs is 1. The summed E-state index contributed by atoms with van der Waals surface area (Å²) in [7, 11) is 0. The highest BCUT2D eigenvalue weighted by Gasteiger charge is 2.17. The Morgan fingerprint density at radius 3 is 2.88 bits per heavy atom. The molecule has 1 heterocycles. The third-order valence-electron chi connectivity index (χ3n) is 3.51. The number of hydrogen-bond acceptors (Lipinski definition) is 5. The third-order valence-corrected chi connectivity index (χ3v) is 3.51. The normalized spacial score (nSPS) is 12.7. The van der Waals surface area contributed by atoms with Gasteiger partial charge in [0.25, 0.3) is 5.91 Å². The molecule has 0 radical (unpaired) electrons. The summed E-state index contributed by atoms with van der Waals surface area (Å²) in [4.78, 5) is 23.2. The highest BCUT2D eigenvalue weighted by molar-refractivity contribution is 5.95. The Hall–Kier alpha value is -3.02. The number of anilines is 1. The van der Waals surface area contributed by atoms with Crippen LogP contribution in [0.15, 0.2) is 36.4 Å². The first-order valence-corrected chi connectivity index (χ1v) is 7.49. The van der Waals surface area contributed by atoms with Crippen LogP contribution in [0.3, 0.4) is 0 Å². The van der Waals surface area contributed by atoms with Crippen molar-refractivity contribution in [1.29, 1.82) is 0 Å². The van der Waals surface area contributed by atoms with Gasteiger partial charge in [-0.05, 0) is 43.2 Å². The predicted octanol–water partition coefficient (Wildman–Crippen LogP) is 2.62. The number of rotatable bonds is 4. The second kappa shape index (κ2) is 6.62. The molecule has 1 aliphatic heterocycles. The molecule has 2 aromatic rings. The lowest BCUT2D eigenvalue weighted by Gasteiger charge is -2.18. The summed E-state index contributed by atoms with van der Waals surface area (Å²) >= 11 is 0. The largest absolute Gasteiger partial charge is 0.482 e. The highest BCUT2D eigenvalue weighted by Crippen LogP contribution is 2.31. The average molecular weight is 327 g/mol. The summed E-state index contributed by atoms with van der Waals surface area (Å²) in [5.74, 6) is 0.725. The zero-order chi connectivity index (χ0) is 17.1. The van der Waals surface area contributed by atoms with Gasteiger partial charge in [-0.25, -0.2) is 4.79 Å². The minimum atomic E-state index is -0.518. The molecule has 3 rings (SSSR count). The van der Waals surface area contributed by atoms with E-state index in [1.807, 2.05) is 32.0 Å². The number of carbonyl (C=O) groups excluding carboxylic acids is 2. The van der Waals surface area contributed by atoms with Crippen LogP contribution in [0.2, 0.25) is 0 Å². The molecule has 0 unspecified atom stereocenters. The molecule has 6 heteroatoms. The predicted molar refractivity (Wildman–Crippen MR) is 87.6 cm³/mol. The van der Waals surface area contributed by atoms with Gasteiger partial charge in [0, 0.05) is 6.07 Å². The number of esters is 1. The standard InChI is InChI=1S/C18H17NO5/c1-11-3-4-12(2)15(7-11)23-10-18(21)24-13-5-6-14-16(8-13)22-9-17(20)19-14/h3-8H,9-10H2,1-2H3,(H,19,20). The SMILES string of the molecule is Cc1ccc(C)c(OCC(=O)Oc2ccc3c(c2)OCC(=O)N3)c1. The van der Waals surface area contributed by atoms with E-state index in [1.165, 1.54) is 0 Å². The Morgan fingerprint density at radius 1 is 1.21 bits per heavy atom. The van der Waals surface area contributed by atoms with E-state index in [1.54, 1.807) is 18.2 Å². The number of benzene rings is 2. The van der Waals surface area contributed by atoms with Gasteiger partial charge in [-0.15, -0.1) is 0 Å². The molecular weight excluding hydrogens is 310 g/mol. The van der Waals surface area contributed by atoms with Crippen molar-refractivity contribution in [3.05, 3.63) is 47.5 Å². The maximum Gasteiger partial charge on any atom is 0.349 e. The molecular formula is C18H17NO5. The first-order chi connectivity index (χ1) is 11.5. The molecule has 124 valence electrons. The van der Waals surface area contributed by atoms with Crippen LogP contribution >= 0.6 is 0 Å². The molecule has 0 fully saturated rings. The van der Waals surface area contributed by atoms with Crippen LogP contribution in [0.25, 0.3) is 0 Å². The van der Waals surface area contributed by atoms with E-state index in [2.05, 4.69) is 5.32 Å². The van der Waals surface area contributed by atoms with E-state index < -0.39 is 5.97 Å². The van der Waals surface area contributed by atoms with Crippen LogP contribution in [0, 0.1) is 13.8 Å². The fraction of sp³-hybridized carbons (Fsp3) is 0.222. The summed E-state index contributed by atoms with van der Waals surface area (Å²) in [6, 6.07) is 10.6. The molecule has 1 N–H and O–H groups in total. The Bertz CT molecular complexity index is 800. The van der Waals surface area contributed by atoms with Crippen molar-refractivity contribution in [2.45, 2.75) is 13.8 Å². The molecule has 24 heavy (non-hydrogen) atoms. The van der Waals surface area contributed by atoms with Gasteiger partial charge in [-0.3, -0.25) is 4.79 Å². The number of nitrogens with one attached hydrogen (secondary N) is 1. The molecule has 0 aliphatic carbocycles. The number of aryl methyl sites for hydroxylation is 2. The summed E-state index contributed by atoms with van der Waals surface area (Å²) in [5, 5.41) is 2.67. The van der Waals surface area contributed by atoms with Gasteiger partial charge in [0.05, 0.1) is 5.69 Å². The van der Waals surface area contributed by atoms with Crippen LogP contribution in [0.4, 0.5) is 5.69 Å². The van der Waals surface area contributed by atoms with E-state index >= 15 is 0 Å². The van der Waals surface area contributed by atoms with Gasteiger partial charge in [0.1, 0.15) is 17.2 Å². The molecule has 1 amide bonds. The molecule has 0 bridgehead atoms. The summed E-state index contributed by atoms with van der Waals surface area (Å²) in [6.07, 6.45) is 0. The summed E-state index contributed by atoms with van der Waals surface area (Å²) < 4.78 is 16.0. The minimum Gasteiger partial charge on any atom is -0.482 e. The Balaban J connectivity index is 1.61. The highest BCUT2D eigenvalue weighted by atomic mass is 16.6. The van der Waals surface area contributed by atoms with Crippen LogP contribution in [0.1, 0.15) is 11.1 Å². The quantitative estimate of drug-likeness (QED) is 0.690. The summed E-state index contributed by atoms with van der Waals surface area (Å²) in [6.45, 7) is 3.62. The smallest absolute Gasteiger partial charge is 0.349 e. The van der Waals surface area contributed by atoms with Gasteiger partial charge in [0.15, 0.2) is 13.2 Å². The van der Waals surface area contributed by atoms with Crippen molar-refractivity contribution in [3.63, 3.8) is 0 Å². The van der Waals surface area contributed by atoms with Gasteiger partial charge < -0.3 is 19.5 Å². The number of amides is 1. The molecule has 0 aromatic heterocycles. The minimum absolute atomic E-state index is 0.0554. The lowest BCUT2D eigenvalue weighted by Crippen LogP contribution is -2.25. The van der Waals surface area contributed by atoms with Gasteiger partial charge in [-0.1, -0.05) is 12.1 Å². The first kappa shape index (κ1) is 15.9.